The Labute approximate surface area is 191 Å². The van der Waals surface area contributed by atoms with Gasteiger partial charge in [-0.25, -0.2) is 4.79 Å². The van der Waals surface area contributed by atoms with Crippen molar-refractivity contribution in [1.82, 2.24) is 9.55 Å². The van der Waals surface area contributed by atoms with Gasteiger partial charge in [-0.05, 0) is 18.1 Å². The molecule has 4 atom stereocenters. The summed E-state index contributed by atoms with van der Waals surface area (Å²) in [6, 6.07) is 1.23. The van der Waals surface area contributed by atoms with Gasteiger partial charge in [0.2, 0.25) is 0 Å². The quantitative estimate of drug-likeness (QED) is 0.303. The normalized spacial score (nSPS) is 29.4. The lowest BCUT2D eigenvalue weighted by Gasteiger charge is -2.40. The molecule has 2 N–H and O–H groups in total. The highest BCUT2D eigenvalue weighted by molar-refractivity contribution is 9.15. The maximum absolute atomic E-state index is 12.3. The summed E-state index contributed by atoms with van der Waals surface area (Å²) in [6.45, 7) is 10.8. The number of aromatic nitrogens is 2. The molecule has 13 heteroatoms. The smallest absolute Gasteiger partial charge is 0.330 e. The number of aliphatic hydroxyl groups is 1. The van der Waals surface area contributed by atoms with E-state index in [2.05, 4.69) is 38.8 Å². The Morgan fingerprint density at radius 3 is 2.57 bits per heavy atom. The van der Waals surface area contributed by atoms with Crippen molar-refractivity contribution < 1.29 is 18.8 Å². The molecule has 1 aromatic heterocycles. The van der Waals surface area contributed by atoms with E-state index in [1.165, 1.54) is 16.8 Å². The van der Waals surface area contributed by atoms with Crippen LogP contribution in [0.15, 0.2) is 21.9 Å². The molecule has 30 heavy (non-hydrogen) atoms. The van der Waals surface area contributed by atoms with E-state index in [1.807, 2.05) is 0 Å². The zero-order chi connectivity index (χ0) is 22.3. The zero-order valence-electron chi connectivity index (χ0n) is 17.7. The summed E-state index contributed by atoms with van der Waals surface area (Å²) in [5.41, 5.74) is -1.14. The van der Waals surface area contributed by atoms with Crippen molar-refractivity contribution in [3.8, 4) is 0 Å². The average molecular weight is 514 g/mol. The van der Waals surface area contributed by atoms with Crippen LogP contribution in [0.2, 0.25) is 18.1 Å². The minimum Gasteiger partial charge on any atom is -0.408 e. The molecular weight excluding hydrogens is 483 g/mol. The molecule has 171 valence electrons. The third kappa shape index (κ3) is 5.40. The van der Waals surface area contributed by atoms with Gasteiger partial charge in [0, 0.05) is 23.8 Å². The number of ether oxygens (including phenoxy) is 1. The van der Waals surface area contributed by atoms with E-state index in [-0.39, 0.29) is 11.6 Å². The number of nitrogens with zero attached hydrogens (tertiary/aromatic N) is 1. The van der Waals surface area contributed by atoms with Crippen molar-refractivity contribution in [2.45, 2.75) is 63.4 Å². The van der Waals surface area contributed by atoms with Gasteiger partial charge in [0.25, 0.3) is 5.56 Å². The summed E-state index contributed by atoms with van der Waals surface area (Å²) < 4.78 is 19.9. The Morgan fingerprint density at radius 2 is 2.00 bits per heavy atom. The number of hydrogen-bond donors (Lipinski definition) is 3. The summed E-state index contributed by atoms with van der Waals surface area (Å²) in [6.07, 6.45) is -1.96. The fraction of sp³-hybridized carbons (Fsp3) is 0.765. The zero-order valence-corrected chi connectivity index (χ0v) is 22.2. The van der Waals surface area contributed by atoms with Crippen LogP contribution >= 0.6 is 40.1 Å². The van der Waals surface area contributed by atoms with Gasteiger partial charge in [-0.15, -0.1) is 12.2 Å². The van der Waals surface area contributed by atoms with Gasteiger partial charge in [0.1, 0.15) is 23.4 Å². The third-order valence-corrected chi connectivity index (χ3v) is 20.3. The Balaban J connectivity index is 1.86. The molecule has 2 aliphatic heterocycles. The number of aromatic amines is 1. The highest BCUT2D eigenvalue weighted by atomic mass is 33.4. The molecule has 2 aliphatic rings. The Bertz CT molecular complexity index is 870. The monoisotopic (exact) mass is 513 g/mol. The van der Waals surface area contributed by atoms with Gasteiger partial charge in [0.05, 0.1) is 6.61 Å². The van der Waals surface area contributed by atoms with Crippen LogP contribution in [-0.4, -0.2) is 59.4 Å². The van der Waals surface area contributed by atoms with Crippen LogP contribution in [0.5, 0.6) is 0 Å². The van der Waals surface area contributed by atoms with Gasteiger partial charge in [-0.1, -0.05) is 43.5 Å². The predicted molar refractivity (Wildman–Crippen MR) is 130 cm³/mol. The minimum atomic E-state index is -2.25. The molecule has 0 aliphatic carbocycles. The topological polar surface area (TPSA) is 103 Å². The summed E-state index contributed by atoms with van der Waals surface area (Å²) >= 11 is 8.17. The lowest BCUT2D eigenvalue weighted by Crippen LogP contribution is -2.50. The highest BCUT2D eigenvalue weighted by Crippen LogP contribution is 2.87. The first-order chi connectivity index (χ1) is 13.8. The first-order valence-corrected chi connectivity index (χ1v) is 18.7. The van der Waals surface area contributed by atoms with Crippen LogP contribution in [0.3, 0.4) is 0 Å². The van der Waals surface area contributed by atoms with Gasteiger partial charge in [-0.3, -0.25) is 14.3 Å². The van der Waals surface area contributed by atoms with E-state index < -0.39 is 49.2 Å². The molecule has 3 heterocycles. The van der Waals surface area contributed by atoms with E-state index in [0.29, 0.717) is 0 Å². The number of thiol groups is 1. The molecule has 8 nitrogen and oxygen atoms in total. The Hall–Kier alpha value is 0.217. The summed E-state index contributed by atoms with van der Waals surface area (Å²) in [7, 11) is -2.25. The highest BCUT2D eigenvalue weighted by Gasteiger charge is 2.51. The van der Waals surface area contributed by atoms with E-state index >= 15 is 0 Å². The fourth-order valence-corrected chi connectivity index (χ4v) is 13.3. The molecule has 1 radical (unpaired) electrons. The fourth-order valence-electron chi connectivity index (χ4n) is 2.96. The van der Waals surface area contributed by atoms with Crippen molar-refractivity contribution in [3.63, 3.8) is 0 Å². The molecule has 1 aromatic rings. The molecule has 2 saturated heterocycles. The SMILES string of the molecule is CC(C)(C)[Si](C)(C)O[C@H]1[C@@H](O)[C@H](n2ccc(=O)[nH]c2=O)O[C@@H]1CO[P]1(S)SCCS1. The molecule has 0 spiro atoms. The maximum Gasteiger partial charge on any atom is 0.330 e. The van der Waals surface area contributed by atoms with E-state index in [0.717, 1.165) is 11.5 Å². The van der Waals surface area contributed by atoms with E-state index in [4.69, 9.17) is 25.9 Å². The average Bonchev–Trinajstić information content (AvgIpc) is 3.18. The van der Waals surface area contributed by atoms with Crippen LogP contribution in [0.4, 0.5) is 0 Å². The Kier molecular flexibility index (Phi) is 7.64. The van der Waals surface area contributed by atoms with Crippen LogP contribution in [0, 0.1) is 0 Å². The lowest BCUT2D eigenvalue weighted by molar-refractivity contribution is -0.0499. The van der Waals surface area contributed by atoms with E-state index in [9.17, 15) is 14.7 Å². The standard InChI is InChI=1S/C17H30N2O6PS3Si/c1-17(2,3)30(4,5)25-14-11(10-23-26(27)28-8-9-29-26)24-15(13(14)21)19-7-6-12(20)18-16(19)22/h6-7,11,13-15,21,27H,8-10H2,1-5H3,(H,18,20,22)/t11-,13-,14-,15-/m1/s1. The molecule has 0 saturated carbocycles. The molecule has 0 amide bonds. The largest absolute Gasteiger partial charge is 0.408 e. The van der Waals surface area contributed by atoms with Crippen molar-refractivity contribution in [3.05, 3.63) is 33.1 Å². The van der Waals surface area contributed by atoms with Crippen LogP contribution < -0.4 is 11.2 Å². The van der Waals surface area contributed by atoms with Gasteiger partial charge in [-0.2, -0.15) is 0 Å². The second-order valence-corrected chi connectivity index (χ2v) is 24.8. The second kappa shape index (κ2) is 9.22. The summed E-state index contributed by atoms with van der Waals surface area (Å²) in [4.78, 5) is 25.9. The molecule has 3 rings (SSSR count). The van der Waals surface area contributed by atoms with Crippen molar-refractivity contribution in [1.29, 1.82) is 0 Å². The van der Waals surface area contributed by atoms with Gasteiger partial charge >= 0.3 is 5.69 Å². The molecule has 2 fully saturated rings. The van der Waals surface area contributed by atoms with Crippen molar-refractivity contribution >= 4 is 48.4 Å². The molecule has 0 unspecified atom stereocenters. The predicted octanol–water partition coefficient (Wildman–Crippen LogP) is 3.29. The molecule has 0 bridgehead atoms. The number of hydrogen-bond acceptors (Lipinski definition) is 9. The third-order valence-electron chi connectivity index (χ3n) is 5.67. The molecular formula is C17H30N2O6PS3Si. The van der Waals surface area contributed by atoms with Crippen molar-refractivity contribution in [2.24, 2.45) is 0 Å². The maximum atomic E-state index is 12.3. The van der Waals surface area contributed by atoms with Gasteiger partial charge in [0.15, 0.2) is 14.5 Å². The van der Waals surface area contributed by atoms with Crippen LogP contribution in [-0.2, 0) is 13.7 Å². The van der Waals surface area contributed by atoms with Gasteiger partial charge < -0.3 is 18.8 Å². The summed E-state index contributed by atoms with van der Waals surface area (Å²) in [5.74, 6) is 1.99. The first-order valence-electron chi connectivity index (χ1n) is 9.71. The van der Waals surface area contributed by atoms with Crippen LogP contribution in [0.1, 0.15) is 27.0 Å². The number of aliphatic hydroxyl groups excluding tert-OH is 1. The van der Waals surface area contributed by atoms with Crippen molar-refractivity contribution in [2.75, 3.05) is 18.1 Å². The first kappa shape index (κ1) is 24.9. The minimum absolute atomic E-state index is 0.0695. The lowest BCUT2D eigenvalue weighted by atomic mass is 10.1. The number of H-pyrrole nitrogens is 1. The van der Waals surface area contributed by atoms with E-state index in [1.54, 1.807) is 22.8 Å². The number of nitrogens with one attached hydrogen (secondary N) is 1. The summed E-state index contributed by atoms with van der Waals surface area (Å²) in [5, 5.41) is 9.12. The number of rotatable bonds is 6. The Morgan fingerprint density at radius 1 is 1.37 bits per heavy atom. The molecule has 0 aromatic carbocycles. The van der Waals surface area contributed by atoms with Crippen LogP contribution in [0.25, 0.3) is 0 Å². The second-order valence-electron chi connectivity index (χ2n) is 8.85.